The van der Waals surface area contributed by atoms with Crippen LogP contribution >= 0.6 is 11.6 Å². The van der Waals surface area contributed by atoms with Crippen molar-refractivity contribution >= 4 is 28.4 Å². The van der Waals surface area contributed by atoms with Gasteiger partial charge in [0.15, 0.2) is 0 Å². The lowest BCUT2D eigenvalue weighted by atomic mass is 9.50. The van der Waals surface area contributed by atoms with E-state index in [1.807, 2.05) is 39.1 Å². The first kappa shape index (κ1) is 20.7. The van der Waals surface area contributed by atoms with Crippen molar-refractivity contribution in [1.29, 1.82) is 5.26 Å². The number of hydrogen-bond acceptors (Lipinski definition) is 3. The molecule has 2 aromatic rings. The Kier molecular flexibility index (Phi) is 4.61. The maximum Gasteiger partial charge on any atom is 0.230 e. The van der Waals surface area contributed by atoms with E-state index >= 15 is 0 Å². The minimum atomic E-state index is -0.316. The quantitative estimate of drug-likeness (QED) is 0.655. The van der Waals surface area contributed by atoms with Crippen molar-refractivity contribution in [1.82, 2.24) is 9.88 Å². The highest BCUT2D eigenvalue weighted by atomic mass is 35.5. The predicted molar refractivity (Wildman–Crippen MR) is 121 cm³/mol. The van der Waals surface area contributed by atoms with E-state index < -0.39 is 0 Å². The molecule has 0 radical (unpaired) electrons. The summed E-state index contributed by atoms with van der Waals surface area (Å²) >= 11 is 6.74. The molecule has 3 heterocycles. The van der Waals surface area contributed by atoms with Gasteiger partial charge in [0.1, 0.15) is 5.75 Å². The Morgan fingerprint density at radius 2 is 1.94 bits per heavy atom. The molecule has 31 heavy (non-hydrogen) atoms. The van der Waals surface area contributed by atoms with Crippen molar-refractivity contribution < 1.29 is 9.53 Å². The van der Waals surface area contributed by atoms with E-state index in [1.165, 1.54) is 0 Å². The van der Waals surface area contributed by atoms with Crippen LogP contribution in [0.2, 0.25) is 5.02 Å². The summed E-state index contributed by atoms with van der Waals surface area (Å²) in [7, 11) is 0. The van der Waals surface area contributed by atoms with Crippen molar-refractivity contribution in [3.05, 3.63) is 28.9 Å². The average Bonchev–Trinajstić information content (AvgIpc) is 3.12. The van der Waals surface area contributed by atoms with E-state index in [2.05, 4.69) is 22.9 Å². The summed E-state index contributed by atoms with van der Waals surface area (Å²) < 4.78 is 5.87. The largest absolute Gasteiger partial charge is 0.489 e. The fourth-order valence-electron chi connectivity index (χ4n) is 6.87. The monoisotopic (exact) mass is 439 g/mol. The molecule has 2 saturated heterocycles. The number of nitrogens with one attached hydrogen (secondary N) is 1. The molecule has 5 nitrogen and oxygen atoms in total. The number of ether oxygens (including phenoxy) is 1. The van der Waals surface area contributed by atoms with E-state index in [0.717, 1.165) is 48.6 Å². The summed E-state index contributed by atoms with van der Waals surface area (Å²) in [6.45, 7) is 8.22. The van der Waals surface area contributed by atoms with E-state index in [9.17, 15) is 10.1 Å². The van der Waals surface area contributed by atoms with Crippen LogP contribution in [0.3, 0.4) is 0 Å². The number of benzene rings is 1. The normalized spacial score (nSPS) is 32.5. The first-order chi connectivity index (χ1) is 14.7. The van der Waals surface area contributed by atoms with Crippen molar-refractivity contribution in [2.75, 3.05) is 0 Å². The summed E-state index contributed by atoms with van der Waals surface area (Å²) in [5.41, 5.74) is 1.77. The summed E-state index contributed by atoms with van der Waals surface area (Å²) in [4.78, 5) is 19.2. The van der Waals surface area contributed by atoms with Crippen molar-refractivity contribution in [2.45, 2.75) is 83.9 Å². The highest BCUT2D eigenvalue weighted by molar-refractivity contribution is 6.37. The van der Waals surface area contributed by atoms with Gasteiger partial charge in [-0.1, -0.05) is 18.5 Å². The first-order valence-electron chi connectivity index (χ1n) is 11.3. The number of fused-ring (bicyclic) bond motifs is 1. The Balaban J connectivity index is 1.48. The highest BCUT2D eigenvalue weighted by Crippen LogP contribution is 2.61. The lowest BCUT2D eigenvalue weighted by Gasteiger charge is -2.63. The zero-order valence-electron chi connectivity index (χ0n) is 18.7. The molecule has 3 unspecified atom stereocenters. The van der Waals surface area contributed by atoms with Crippen LogP contribution in [0, 0.1) is 22.2 Å². The molecule has 2 saturated carbocycles. The zero-order valence-corrected chi connectivity index (χ0v) is 19.4. The van der Waals surface area contributed by atoms with E-state index in [1.54, 1.807) is 0 Å². The molecule has 1 aromatic carbocycles. The summed E-state index contributed by atoms with van der Waals surface area (Å²) in [6.07, 6.45) is 6.55. The highest BCUT2D eigenvalue weighted by Gasteiger charge is 2.60. The summed E-state index contributed by atoms with van der Waals surface area (Å²) in [6, 6.07) is 6.80. The van der Waals surface area contributed by atoms with Gasteiger partial charge in [-0.2, -0.15) is 5.26 Å². The van der Waals surface area contributed by atoms with Crippen LogP contribution in [0.15, 0.2) is 18.3 Å². The third-order valence-corrected chi connectivity index (χ3v) is 8.11. The maximum atomic E-state index is 13.8. The summed E-state index contributed by atoms with van der Waals surface area (Å²) in [5.74, 6) is 0.477. The number of amides is 1. The van der Waals surface area contributed by atoms with Crippen LogP contribution in [0.5, 0.6) is 5.75 Å². The Labute approximate surface area is 188 Å². The van der Waals surface area contributed by atoms with Gasteiger partial charge in [0, 0.05) is 29.2 Å². The Hall–Kier alpha value is -2.19. The van der Waals surface area contributed by atoms with Crippen LogP contribution in [0.1, 0.15) is 71.3 Å². The molecule has 2 aliphatic heterocycles. The Bertz CT molecular complexity index is 1080. The molecule has 1 amide bonds. The average molecular weight is 440 g/mol. The molecule has 1 N–H and O–H groups in total. The molecular weight excluding hydrogens is 410 g/mol. The minimum Gasteiger partial charge on any atom is -0.489 e. The number of aromatic amines is 1. The molecule has 3 atom stereocenters. The van der Waals surface area contributed by atoms with Gasteiger partial charge in [-0.25, -0.2) is 0 Å². The number of aromatic nitrogens is 1. The van der Waals surface area contributed by atoms with Gasteiger partial charge in [0.25, 0.3) is 0 Å². The molecule has 0 spiro atoms. The van der Waals surface area contributed by atoms with E-state index in [4.69, 9.17) is 16.3 Å². The molecule has 4 aliphatic rings. The first-order valence-corrected chi connectivity index (χ1v) is 11.7. The van der Waals surface area contributed by atoms with Gasteiger partial charge in [-0.15, -0.1) is 0 Å². The van der Waals surface area contributed by atoms with Gasteiger partial charge in [0.05, 0.1) is 28.5 Å². The molecule has 4 bridgehead atoms. The number of nitrogens with zero attached hydrogens (tertiary/aromatic N) is 2. The van der Waals surface area contributed by atoms with Crippen LogP contribution in [-0.4, -0.2) is 34.0 Å². The van der Waals surface area contributed by atoms with Crippen LogP contribution in [0.4, 0.5) is 0 Å². The molecule has 6 rings (SSSR count). The van der Waals surface area contributed by atoms with E-state index in [-0.39, 0.29) is 40.8 Å². The number of H-pyrrole nitrogens is 1. The van der Waals surface area contributed by atoms with Gasteiger partial charge < -0.3 is 14.6 Å². The second-order valence-electron chi connectivity index (χ2n) is 10.7. The number of nitriles is 1. The van der Waals surface area contributed by atoms with Crippen molar-refractivity contribution in [3.8, 4) is 11.8 Å². The number of halogens is 1. The van der Waals surface area contributed by atoms with Crippen LogP contribution in [0.25, 0.3) is 10.9 Å². The molecule has 2 aliphatic carbocycles. The second-order valence-corrected chi connectivity index (χ2v) is 11.1. The molecule has 164 valence electrons. The fraction of sp³-hybridized carbons (Fsp3) is 0.600. The lowest BCUT2D eigenvalue weighted by Crippen LogP contribution is -2.66. The fourth-order valence-corrected chi connectivity index (χ4v) is 7.19. The second kappa shape index (κ2) is 6.90. The molecular formula is C25H30ClN3O2. The maximum absolute atomic E-state index is 13.8. The lowest BCUT2D eigenvalue weighted by molar-refractivity contribution is -0.164. The standard InChI is InChI=1S/C25H30ClN3O2/c1-14(2)31-20-6-5-19-21(22(20)26)18(11-28-19)15(3)23(30)29-16-7-24(4)8-17(29)10-25(9-16,12-24)13-27/h5-6,11,14-17,28H,7-10,12H2,1-4H3. The van der Waals surface area contributed by atoms with Gasteiger partial charge in [-0.05, 0) is 76.0 Å². The number of carbonyl (C=O) groups excluding carboxylic acids is 1. The molecule has 4 fully saturated rings. The van der Waals surface area contributed by atoms with Crippen molar-refractivity contribution in [3.63, 3.8) is 0 Å². The topological polar surface area (TPSA) is 69.1 Å². The van der Waals surface area contributed by atoms with E-state index in [0.29, 0.717) is 10.8 Å². The Morgan fingerprint density at radius 1 is 1.26 bits per heavy atom. The number of rotatable bonds is 4. The summed E-state index contributed by atoms with van der Waals surface area (Å²) in [5, 5.41) is 11.3. The third-order valence-electron chi connectivity index (χ3n) is 7.73. The third kappa shape index (κ3) is 3.14. The van der Waals surface area contributed by atoms with Gasteiger partial charge in [0.2, 0.25) is 5.91 Å². The van der Waals surface area contributed by atoms with Crippen molar-refractivity contribution in [2.24, 2.45) is 10.8 Å². The smallest absolute Gasteiger partial charge is 0.230 e. The Morgan fingerprint density at radius 3 is 2.55 bits per heavy atom. The zero-order chi connectivity index (χ0) is 22.1. The molecule has 6 heteroatoms. The van der Waals surface area contributed by atoms with Crippen LogP contribution < -0.4 is 4.74 Å². The SMILES string of the molecule is CC(C)Oc1ccc2[nH]cc(C(C)C(=O)N3C4CC5(C)CC3CC(C#N)(C4)C5)c2c1Cl. The van der Waals surface area contributed by atoms with Crippen LogP contribution in [-0.2, 0) is 4.79 Å². The number of piperidine rings is 2. The molecule has 1 aromatic heterocycles. The predicted octanol–water partition coefficient (Wildman–Crippen LogP) is 5.79. The number of carbonyl (C=O) groups is 1. The number of hydrogen-bond donors (Lipinski definition) is 1. The van der Waals surface area contributed by atoms with Gasteiger partial charge in [-0.3, -0.25) is 4.79 Å². The van der Waals surface area contributed by atoms with Gasteiger partial charge >= 0.3 is 0 Å². The minimum absolute atomic E-state index is 0.0179.